The van der Waals surface area contributed by atoms with E-state index in [1.807, 2.05) is 0 Å². The van der Waals surface area contributed by atoms with E-state index in [-0.39, 0.29) is 28.1 Å². The summed E-state index contributed by atoms with van der Waals surface area (Å²) in [5.41, 5.74) is 0.211. The normalized spacial score (nSPS) is 15.0. The molecule has 1 saturated heterocycles. The molecule has 0 radical (unpaired) electrons. The van der Waals surface area contributed by atoms with Crippen molar-refractivity contribution in [1.82, 2.24) is 0 Å². The van der Waals surface area contributed by atoms with Gasteiger partial charge in [0.2, 0.25) is 23.3 Å². The number of aromatic hydroxyl groups is 2. The summed E-state index contributed by atoms with van der Waals surface area (Å²) in [5, 5.41) is 19.8. The van der Waals surface area contributed by atoms with Gasteiger partial charge in [-0.05, 0) is 24.6 Å². The number of halogens is 2. The van der Waals surface area contributed by atoms with Crippen molar-refractivity contribution >= 4 is 23.4 Å². The van der Waals surface area contributed by atoms with Gasteiger partial charge in [0.25, 0.3) is 0 Å². The first-order valence-corrected chi connectivity index (χ1v) is 6.67. The molecule has 110 valence electrons. The van der Waals surface area contributed by atoms with Crippen LogP contribution in [0.5, 0.6) is 11.5 Å². The van der Waals surface area contributed by atoms with Crippen molar-refractivity contribution in [2.75, 3.05) is 11.4 Å². The second-order valence-electron chi connectivity index (χ2n) is 4.71. The minimum absolute atomic E-state index is 0.0658. The third-order valence-electron chi connectivity index (χ3n) is 3.34. The molecule has 1 aromatic carbocycles. The lowest BCUT2D eigenvalue weighted by Crippen LogP contribution is -2.23. The van der Waals surface area contributed by atoms with E-state index in [4.69, 9.17) is 16.0 Å². The highest BCUT2D eigenvalue weighted by Crippen LogP contribution is 2.47. The van der Waals surface area contributed by atoms with E-state index in [1.54, 1.807) is 0 Å². The van der Waals surface area contributed by atoms with Crippen LogP contribution in [-0.4, -0.2) is 22.7 Å². The van der Waals surface area contributed by atoms with Crippen molar-refractivity contribution in [3.63, 3.8) is 0 Å². The lowest BCUT2D eigenvalue weighted by molar-refractivity contribution is -0.117. The number of carbonyl (C=O) groups excluding carboxylic acids is 1. The summed E-state index contributed by atoms with van der Waals surface area (Å²) in [6, 6.07) is 3.83. The minimum atomic E-state index is -0.678. The third-order valence-corrected chi connectivity index (χ3v) is 3.65. The standard InChI is InChI=1S/C14H11ClFNO4/c15-8-4-3-7(6-9(8)16)13-11(19)12(20)14(21-13)17-5-1-2-10(17)18/h3-4,6,19-20H,1-2,5H2. The van der Waals surface area contributed by atoms with Crippen LogP contribution in [0.1, 0.15) is 12.8 Å². The SMILES string of the molecule is O=C1CCCN1c1oc(-c2ccc(Cl)c(F)c2)c(O)c1O. The molecule has 1 aliphatic heterocycles. The zero-order chi connectivity index (χ0) is 15.1. The molecule has 0 atom stereocenters. The summed E-state index contributed by atoms with van der Waals surface area (Å²) in [6.45, 7) is 0.397. The van der Waals surface area contributed by atoms with E-state index in [1.165, 1.54) is 17.0 Å². The zero-order valence-electron chi connectivity index (χ0n) is 10.8. The Morgan fingerprint density at radius 2 is 2.05 bits per heavy atom. The van der Waals surface area contributed by atoms with Crippen LogP contribution in [0, 0.1) is 5.82 Å². The van der Waals surface area contributed by atoms with Crippen LogP contribution < -0.4 is 4.90 Å². The molecule has 21 heavy (non-hydrogen) atoms. The lowest BCUT2D eigenvalue weighted by atomic mass is 10.1. The molecular weight excluding hydrogens is 301 g/mol. The first-order valence-electron chi connectivity index (χ1n) is 6.29. The molecular formula is C14H11ClFNO4. The molecule has 0 unspecified atom stereocenters. The number of amides is 1. The fraction of sp³-hybridized carbons (Fsp3) is 0.214. The Bertz CT molecular complexity index is 728. The molecule has 2 N–H and O–H groups in total. The molecule has 1 aliphatic rings. The Morgan fingerprint density at radius 1 is 1.29 bits per heavy atom. The average molecular weight is 312 g/mol. The van der Waals surface area contributed by atoms with Gasteiger partial charge >= 0.3 is 0 Å². The van der Waals surface area contributed by atoms with Crippen molar-refractivity contribution in [2.24, 2.45) is 0 Å². The van der Waals surface area contributed by atoms with Crippen molar-refractivity contribution in [2.45, 2.75) is 12.8 Å². The molecule has 0 aliphatic carbocycles. The number of furan rings is 1. The van der Waals surface area contributed by atoms with Crippen molar-refractivity contribution in [3.05, 3.63) is 29.0 Å². The van der Waals surface area contributed by atoms with Gasteiger partial charge in [0.15, 0.2) is 5.76 Å². The third kappa shape index (κ3) is 2.21. The van der Waals surface area contributed by atoms with E-state index in [0.29, 0.717) is 19.4 Å². The molecule has 2 heterocycles. The van der Waals surface area contributed by atoms with Gasteiger partial charge in [-0.2, -0.15) is 0 Å². The van der Waals surface area contributed by atoms with Crippen molar-refractivity contribution < 1.29 is 23.8 Å². The van der Waals surface area contributed by atoms with Crippen LogP contribution in [-0.2, 0) is 4.79 Å². The molecule has 1 fully saturated rings. The highest BCUT2D eigenvalue weighted by Gasteiger charge is 2.31. The van der Waals surface area contributed by atoms with E-state index < -0.39 is 17.3 Å². The number of hydrogen-bond donors (Lipinski definition) is 2. The second-order valence-corrected chi connectivity index (χ2v) is 5.12. The van der Waals surface area contributed by atoms with Crippen molar-refractivity contribution in [3.8, 4) is 22.8 Å². The van der Waals surface area contributed by atoms with Gasteiger partial charge in [-0.1, -0.05) is 11.6 Å². The smallest absolute Gasteiger partial charge is 0.249 e. The Labute approximate surface area is 124 Å². The first-order chi connectivity index (χ1) is 9.99. The monoisotopic (exact) mass is 311 g/mol. The predicted octanol–water partition coefficient (Wildman–Crippen LogP) is 3.28. The van der Waals surface area contributed by atoms with Crippen molar-refractivity contribution in [1.29, 1.82) is 0 Å². The van der Waals surface area contributed by atoms with E-state index >= 15 is 0 Å². The summed E-state index contributed by atoms with van der Waals surface area (Å²) in [7, 11) is 0. The van der Waals surface area contributed by atoms with E-state index in [9.17, 15) is 19.4 Å². The number of hydrogen-bond acceptors (Lipinski definition) is 4. The molecule has 5 nitrogen and oxygen atoms in total. The van der Waals surface area contributed by atoms with Gasteiger partial charge < -0.3 is 14.6 Å². The zero-order valence-corrected chi connectivity index (χ0v) is 11.5. The topological polar surface area (TPSA) is 73.9 Å². The highest BCUT2D eigenvalue weighted by molar-refractivity contribution is 6.30. The van der Waals surface area contributed by atoms with Gasteiger partial charge in [0, 0.05) is 18.5 Å². The highest BCUT2D eigenvalue weighted by atomic mass is 35.5. The van der Waals surface area contributed by atoms with Crippen LogP contribution in [0.15, 0.2) is 22.6 Å². The molecule has 0 spiro atoms. The molecule has 0 bridgehead atoms. The van der Waals surface area contributed by atoms with Gasteiger partial charge in [0.05, 0.1) is 5.02 Å². The molecule has 1 amide bonds. The second kappa shape index (κ2) is 4.96. The Kier molecular flexibility index (Phi) is 3.25. The van der Waals surface area contributed by atoms with Crippen LogP contribution in [0.4, 0.5) is 10.3 Å². The summed E-state index contributed by atoms with van der Waals surface area (Å²) < 4.78 is 18.9. The maximum absolute atomic E-state index is 13.5. The maximum atomic E-state index is 13.5. The molecule has 2 aromatic rings. The molecule has 0 saturated carbocycles. The summed E-state index contributed by atoms with van der Waals surface area (Å²) in [6.07, 6.45) is 0.996. The fourth-order valence-corrected chi connectivity index (χ4v) is 2.40. The predicted molar refractivity (Wildman–Crippen MR) is 74.0 cm³/mol. The van der Waals surface area contributed by atoms with E-state index in [2.05, 4.69) is 0 Å². The van der Waals surface area contributed by atoms with E-state index in [0.717, 1.165) is 6.07 Å². The van der Waals surface area contributed by atoms with Gasteiger partial charge in [-0.15, -0.1) is 0 Å². The quantitative estimate of drug-likeness (QED) is 0.892. The number of rotatable bonds is 2. The van der Waals surface area contributed by atoms with Gasteiger partial charge in [-0.25, -0.2) is 4.39 Å². The molecule has 3 rings (SSSR count). The van der Waals surface area contributed by atoms with Crippen LogP contribution >= 0.6 is 11.6 Å². The Balaban J connectivity index is 2.08. The van der Waals surface area contributed by atoms with Gasteiger partial charge in [0.1, 0.15) is 5.82 Å². The van der Waals surface area contributed by atoms with Crippen LogP contribution in [0.2, 0.25) is 5.02 Å². The number of anilines is 1. The lowest BCUT2D eigenvalue weighted by Gasteiger charge is -2.11. The summed E-state index contributed by atoms with van der Waals surface area (Å²) >= 11 is 5.60. The first kappa shape index (κ1) is 13.8. The fourth-order valence-electron chi connectivity index (χ4n) is 2.28. The number of carbonyl (C=O) groups is 1. The Hall–Kier alpha value is -2.21. The largest absolute Gasteiger partial charge is 0.502 e. The summed E-state index contributed by atoms with van der Waals surface area (Å²) in [5.74, 6) is -2.18. The summed E-state index contributed by atoms with van der Waals surface area (Å²) in [4.78, 5) is 12.9. The minimum Gasteiger partial charge on any atom is -0.502 e. The molecule has 1 aromatic heterocycles. The Morgan fingerprint density at radius 3 is 2.67 bits per heavy atom. The van der Waals surface area contributed by atoms with Gasteiger partial charge in [-0.3, -0.25) is 9.69 Å². The number of nitrogens with zero attached hydrogens (tertiary/aromatic N) is 1. The number of benzene rings is 1. The molecule has 7 heteroatoms. The average Bonchev–Trinajstić information content (AvgIpc) is 2.99. The van der Waals surface area contributed by atoms with Crippen LogP contribution in [0.3, 0.4) is 0 Å². The maximum Gasteiger partial charge on any atom is 0.249 e. The van der Waals surface area contributed by atoms with Crippen LogP contribution in [0.25, 0.3) is 11.3 Å².